The highest BCUT2D eigenvalue weighted by atomic mass is 19.1. The zero-order valence-corrected chi connectivity index (χ0v) is 16.9. The lowest BCUT2D eigenvalue weighted by Gasteiger charge is -2.37. The molecule has 1 fully saturated rings. The number of rotatable bonds is 3. The maximum Gasteiger partial charge on any atom is 0.290 e. The summed E-state index contributed by atoms with van der Waals surface area (Å²) < 4.78 is 15.1. The first-order chi connectivity index (χ1) is 15.1. The van der Waals surface area contributed by atoms with Crippen molar-refractivity contribution in [3.63, 3.8) is 0 Å². The number of carbonyl (C=O) groups excluding carboxylic acids is 1. The molecule has 31 heavy (non-hydrogen) atoms. The van der Waals surface area contributed by atoms with Gasteiger partial charge in [0.1, 0.15) is 5.82 Å². The van der Waals surface area contributed by atoms with E-state index in [0.717, 1.165) is 49.3 Å². The Kier molecular flexibility index (Phi) is 5.81. The van der Waals surface area contributed by atoms with Gasteiger partial charge < -0.3 is 10.4 Å². The molecule has 0 radical (unpaired) electrons. The molecule has 2 aliphatic heterocycles. The standard InChI is InChI=1S/C22H21FN4O.CH2O2/c23-17-4-3-5-18(12-17)27-15-16(13-24-27)14-26-10-8-22(9-11-26)19-6-1-2-7-20(19)25-21(22)28;2-1-3/h1-7,12-13,15H,8-11,14H2,(H,25,28);1H,(H,2,3). The van der Waals surface area contributed by atoms with E-state index in [-0.39, 0.29) is 18.2 Å². The van der Waals surface area contributed by atoms with Crippen LogP contribution in [0.5, 0.6) is 0 Å². The molecule has 7 nitrogen and oxygen atoms in total. The van der Waals surface area contributed by atoms with Crippen molar-refractivity contribution in [3.8, 4) is 5.69 Å². The fraction of sp³-hybridized carbons (Fsp3) is 0.261. The number of para-hydroxylation sites is 1. The first-order valence-electron chi connectivity index (χ1n) is 10.1. The molecule has 2 aliphatic rings. The highest BCUT2D eigenvalue weighted by Crippen LogP contribution is 2.44. The van der Waals surface area contributed by atoms with Crippen LogP contribution in [-0.4, -0.2) is 45.3 Å². The van der Waals surface area contributed by atoms with Crippen LogP contribution < -0.4 is 5.32 Å². The Balaban J connectivity index is 0.000000730. The maximum atomic E-state index is 13.4. The molecule has 3 aromatic rings. The summed E-state index contributed by atoms with van der Waals surface area (Å²) >= 11 is 0. The van der Waals surface area contributed by atoms with E-state index in [1.165, 1.54) is 12.1 Å². The predicted molar refractivity (Wildman–Crippen MR) is 113 cm³/mol. The Morgan fingerprint density at radius 2 is 1.90 bits per heavy atom. The predicted octanol–water partition coefficient (Wildman–Crippen LogP) is 3.20. The highest BCUT2D eigenvalue weighted by molar-refractivity contribution is 6.06. The minimum absolute atomic E-state index is 0.132. The van der Waals surface area contributed by atoms with Crippen LogP contribution in [0.4, 0.5) is 10.1 Å². The van der Waals surface area contributed by atoms with Gasteiger partial charge in [0.15, 0.2) is 0 Å². The van der Waals surface area contributed by atoms with Gasteiger partial charge in [0, 0.05) is 24.0 Å². The van der Waals surface area contributed by atoms with Crippen molar-refractivity contribution >= 4 is 18.1 Å². The minimum Gasteiger partial charge on any atom is -0.483 e. The van der Waals surface area contributed by atoms with E-state index in [9.17, 15) is 9.18 Å². The number of benzene rings is 2. The summed E-state index contributed by atoms with van der Waals surface area (Å²) in [4.78, 5) is 23.4. The molecule has 0 unspecified atom stereocenters. The van der Waals surface area contributed by atoms with E-state index in [1.54, 1.807) is 10.7 Å². The van der Waals surface area contributed by atoms with Crippen LogP contribution in [-0.2, 0) is 21.5 Å². The molecule has 0 atom stereocenters. The second kappa shape index (κ2) is 8.69. The number of nitrogens with zero attached hydrogens (tertiary/aromatic N) is 3. The van der Waals surface area contributed by atoms with Crippen LogP contribution >= 0.6 is 0 Å². The molecule has 1 aromatic heterocycles. The number of amides is 1. The van der Waals surface area contributed by atoms with Gasteiger partial charge >= 0.3 is 0 Å². The van der Waals surface area contributed by atoms with Crippen LogP contribution in [0.15, 0.2) is 60.9 Å². The molecule has 160 valence electrons. The SMILES string of the molecule is O=C1Nc2ccccc2C12CCN(Cc1cnn(-c3cccc(F)c3)c1)CC2.O=CO. The van der Waals surface area contributed by atoms with Gasteiger partial charge in [0.05, 0.1) is 17.3 Å². The molecule has 1 amide bonds. The number of nitrogens with one attached hydrogen (secondary N) is 1. The molecule has 1 spiro atoms. The topological polar surface area (TPSA) is 87.5 Å². The number of hydrogen-bond acceptors (Lipinski definition) is 4. The summed E-state index contributed by atoms with van der Waals surface area (Å²) in [6.07, 6.45) is 5.39. The van der Waals surface area contributed by atoms with Gasteiger partial charge in [-0.2, -0.15) is 5.10 Å². The molecule has 0 aliphatic carbocycles. The normalized spacial score (nSPS) is 16.9. The van der Waals surface area contributed by atoms with E-state index >= 15 is 0 Å². The number of carbonyl (C=O) groups is 2. The quantitative estimate of drug-likeness (QED) is 0.633. The van der Waals surface area contributed by atoms with Crippen LogP contribution in [0.1, 0.15) is 24.0 Å². The molecule has 8 heteroatoms. The lowest BCUT2D eigenvalue weighted by atomic mass is 9.73. The largest absolute Gasteiger partial charge is 0.483 e. The van der Waals surface area contributed by atoms with Crippen LogP contribution in [0.2, 0.25) is 0 Å². The smallest absolute Gasteiger partial charge is 0.290 e. The van der Waals surface area contributed by atoms with Crippen LogP contribution in [0.25, 0.3) is 5.69 Å². The van der Waals surface area contributed by atoms with E-state index in [4.69, 9.17) is 9.90 Å². The number of halogens is 1. The number of carboxylic acid groups (broad SMARTS) is 1. The van der Waals surface area contributed by atoms with Gasteiger partial charge in [-0.25, -0.2) is 9.07 Å². The third-order valence-electron chi connectivity index (χ3n) is 5.95. The summed E-state index contributed by atoms with van der Waals surface area (Å²) in [5.74, 6) is -0.140. The molecule has 3 heterocycles. The third kappa shape index (κ3) is 4.06. The Bertz CT molecular complexity index is 1090. The van der Waals surface area contributed by atoms with Crippen LogP contribution in [0, 0.1) is 5.82 Å². The summed E-state index contributed by atoms with van der Waals surface area (Å²) in [5.41, 5.74) is 3.49. The fourth-order valence-electron chi connectivity index (χ4n) is 4.42. The second-order valence-corrected chi connectivity index (χ2v) is 7.74. The molecular weight excluding hydrogens is 399 g/mol. The Labute approximate surface area is 179 Å². The van der Waals surface area contributed by atoms with Crippen molar-refractivity contribution < 1.29 is 19.1 Å². The van der Waals surface area contributed by atoms with E-state index in [0.29, 0.717) is 5.69 Å². The average Bonchev–Trinajstić information content (AvgIpc) is 3.34. The van der Waals surface area contributed by atoms with Crippen molar-refractivity contribution in [2.24, 2.45) is 0 Å². The van der Waals surface area contributed by atoms with E-state index in [2.05, 4.69) is 21.4 Å². The Morgan fingerprint density at radius 1 is 1.16 bits per heavy atom. The average molecular weight is 422 g/mol. The maximum absolute atomic E-state index is 13.4. The number of anilines is 1. The van der Waals surface area contributed by atoms with Crippen LogP contribution in [0.3, 0.4) is 0 Å². The second-order valence-electron chi connectivity index (χ2n) is 7.74. The number of aromatic nitrogens is 2. The number of piperidine rings is 1. The first kappa shape index (κ1) is 20.7. The summed E-state index contributed by atoms with van der Waals surface area (Å²) in [6, 6.07) is 14.4. The molecule has 2 aromatic carbocycles. The minimum atomic E-state index is -0.390. The number of likely N-dealkylation sites (tertiary alicyclic amines) is 1. The number of hydrogen-bond donors (Lipinski definition) is 2. The molecule has 0 bridgehead atoms. The van der Waals surface area contributed by atoms with Crippen molar-refractivity contribution in [1.82, 2.24) is 14.7 Å². The Morgan fingerprint density at radius 3 is 2.65 bits per heavy atom. The monoisotopic (exact) mass is 422 g/mol. The summed E-state index contributed by atoms with van der Waals surface area (Å²) in [5, 5.41) is 14.3. The van der Waals surface area contributed by atoms with Gasteiger partial charge in [-0.1, -0.05) is 24.3 Å². The molecule has 1 saturated heterocycles. The van der Waals surface area contributed by atoms with E-state index in [1.807, 2.05) is 36.7 Å². The first-order valence-corrected chi connectivity index (χ1v) is 10.1. The lowest BCUT2D eigenvalue weighted by Crippen LogP contribution is -2.46. The molecule has 0 saturated carbocycles. The summed E-state index contributed by atoms with van der Waals surface area (Å²) in [6.45, 7) is 2.23. The third-order valence-corrected chi connectivity index (χ3v) is 5.95. The molecule has 2 N–H and O–H groups in total. The van der Waals surface area contributed by atoms with E-state index < -0.39 is 5.41 Å². The van der Waals surface area contributed by atoms with Gasteiger partial charge in [-0.15, -0.1) is 0 Å². The van der Waals surface area contributed by atoms with Gasteiger partial charge in [0.25, 0.3) is 6.47 Å². The molecular formula is C23H23FN4O3. The van der Waals surface area contributed by atoms with Crippen molar-refractivity contribution in [2.75, 3.05) is 18.4 Å². The van der Waals surface area contributed by atoms with Gasteiger partial charge in [0.2, 0.25) is 5.91 Å². The van der Waals surface area contributed by atoms with Crippen molar-refractivity contribution in [2.45, 2.75) is 24.8 Å². The zero-order valence-electron chi connectivity index (χ0n) is 16.9. The Hall–Kier alpha value is -3.52. The summed E-state index contributed by atoms with van der Waals surface area (Å²) in [7, 11) is 0. The fourth-order valence-corrected chi connectivity index (χ4v) is 4.42. The van der Waals surface area contributed by atoms with Crippen molar-refractivity contribution in [1.29, 1.82) is 0 Å². The highest BCUT2D eigenvalue weighted by Gasteiger charge is 2.48. The molecule has 5 rings (SSSR count). The van der Waals surface area contributed by atoms with Crippen molar-refractivity contribution in [3.05, 3.63) is 77.9 Å². The van der Waals surface area contributed by atoms with Gasteiger partial charge in [-0.3, -0.25) is 14.5 Å². The number of fused-ring (bicyclic) bond motifs is 2. The zero-order chi connectivity index (χ0) is 21.8. The lowest BCUT2D eigenvalue weighted by molar-refractivity contribution is -0.123. The van der Waals surface area contributed by atoms with Gasteiger partial charge in [-0.05, 0) is 55.8 Å².